The zero-order chi connectivity index (χ0) is 13.5. The summed E-state index contributed by atoms with van der Waals surface area (Å²) in [4.78, 5) is 0.345. The summed E-state index contributed by atoms with van der Waals surface area (Å²) >= 11 is 0. The van der Waals surface area contributed by atoms with Crippen molar-refractivity contribution in [2.45, 2.75) is 30.6 Å². The predicted octanol–water partition coefficient (Wildman–Crippen LogP) is 2.20. The molecule has 19 heavy (non-hydrogen) atoms. The molecule has 0 spiro atoms. The average Bonchev–Trinajstić information content (AvgIpc) is 3.29. The SMILES string of the molecule is CNc1ccc(S(=O)(=O)NCC2(C3CC3)CC2)cc1. The van der Waals surface area contributed by atoms with Crippen LogP contribution in [-0.4, -0.2) is 22.0 Å². The van der Waals surface area contributed by atoms with E-state index in [0.717, 1.165) is 11.6 Å². The molecule has 2 saturated carbocycles. The van der Waals surface area contributed by atoms with E-state index in [1.807, 2.05) is 7.05 Å². The molecular weight excluding hydrogens is 260 g/mol. The molecule has 0 saturated heterocycles. The molecule has 3 rings (SSSR count). The summed E-state index contributed by atoms with van der Waals surface area (Å²) in [6.45, 7) is 0.605. The molecule has 0 heterocycles. The van der Waals surface area contributed by atoms with Crippen LogP contribution in [0.15, 0.2) is 29.2 Å². The van der Waals surface area contributed by atoms with Crippen LogP contribution >= 0.6 is 0 Å². The Bertz CT molecular complexity index is 558. The molecule has 0 bridgehead atoms. The van der Waals surface area contributed by atoms with Crippen LogP contribution in [0.4, 0.5) is 5.69 Å². The van der Waals surface area contributed by atoms with Gasteiger partial charge in [-0.1, -0.05) is 0 Å². The molecule has 104 valence electrons. The Morgan fingerprint density at radius 3 is 2.32 bits per heavy atom. The van der Waals surface area contributed by atoms with Crippen LogP contribution < -0.4 is 10.0 Å². The molecule has 0 aromatic heterocycles. The molecule has 2 aliphatic rings. The van der Waals surface area contributed by atoms with Crippen LogP contribution in [-0.2, 0) is 10.0 Å². The maximum absolute atomic E-state index is 12.2. The predicted molar refractivity (Wildman–Crippen MR) is 75.6 cm³/mol. The maximum atomic E-state index is 12.2. The second kappa shape index (κ2) is 4.49. The molecule has 2 fully saturated rings. The first kappa shape index (κ1) is 12.9. The van der Waals surface area contributed by atoms with Crippen molar-refractivity contribution >= 4 is 15.7 Å². The van der Waals surface area contributed by atoms with Crippen molar-refractivity contribution in [1.82, 2.24) is 4.72 Å². The van der Waals surface area contributed by atoms with E-state index >= 15 is 0 Å². The molecule has 2 N–H and O–H groups in total. The standard InChI is InChI=1S/C14H20N2O2S/c1-15-12-4-6-13(7-5-12)19(17,18)16-10-14(8-9-14)11-2-3-11/h4-7,11,15-16H,2-3,8-10H2,1H3. The lowest BCUT2D eigenvalue weighted by atomic mass is 10.0. The largest absolute Gasteiger partial charge is 0.388 e. The molecule has 2 aliphatic carbocycles. The van der Waals surface area contributed by atoms with Crippen molar-refractivity contribution in [3.05, 3.63) is 24.3 Å². The van der Waals surface area contributed by atoms with Crippen LogP contribution in [0, 0.1) is 11.3 Å². The zero-order valence-electron chi connectivity index (χ0n) is 11.1. The number of sulfonamides is 1. The molecule has 4 nitrogen and oxygen atoms in total. The summed E-state index contributed by atoms with van der Waals surface area (Å²) < 4.78 is 27.2. The molecule has 5 heteroatoms. The lowest BCUT2D eigenvalue weighted by Gasteiger charge is -2.15. The fraction of sp³-hybridized carbons (Fsp3) is 0.571. The van der Waals surface area contributed by atoms with Crippen molar-refractivity contribution < 1.29 is 8.42 Å². The van der Waals surface area contributed by atoms with Gasteiger partial charge in [-0.25, -0.2) is 13.1 Å². The van der Waals surface area contributed by atoms with Crippen molar-refractivity contribution in [3.63, 3.8) is 0 Å². The number of rotatable bonds is 6. The number of hydrogen-bond donors (Lipinski definition) is 2. The molecule has 0 atom stereocenters. The first-order valence-electron chi connectivity index (χ1n) is 6.83. The van der Waals surface area contributed by atoms with Crippen LogP contribution in [0.5, 0.6) is 0 Å². The van der Waals surface area contributed by atoms with Gasteiger partial charge in [0.2, 0.25) is 10.0 Å². The van der Waals surface area contributed by atoms with Gasteiger partial charge in [0.25, 0.3) is 0 Å². The van der Waals surface area contributed by atoms with E-state index in [9.17, 15) is 8.42 Å². The fourth-order valence-corrected chi connectivity index (χ4v) is 3.85. The van der Waals surface area contributed by atoms with Gasteiger partial charge in [0.1, 0.15) is 0 Å². The van der Waals surface area contributed by atoms with Gasteiger partial charge in [0.15, 0.2) is 0 Å². The Balaban J connectivity index is 1.67. The quantitative estimate of drug-likeness (QED) is 0.840. The van der Waals surface area contributed by atoms with E-state index in [2.05, 4.69) is 10.0 Å². The van der Waals surface area contributed by atoms with E-state index in [1.165, 1.54) is 25.7 Å². The van der Waals surface area contributed by atoms with E-state index in [1.54, 1.807) is 24.3 Å². The van der Waals surface area contributed by atoms with Gasteiger partial charge in [-0.05, 0) is 61.3 Å². The average molecular weight is 280 g/mol. The molecular formula is C14H20N2O2S. The monoisotopic (exact) mass is 280 g/mol. The summed E-state index contributed by atoms with van der Waals surface area (Å²) in [5.74, 6) is 0.766. The highest BCUT2D eigenvalue weighted by atomic mass is 32.2. The van der Waals surface area contributed by atoms with E-state index < -0.39 is 10.0 Å². The Hall–Kier alpha value is -1.07. The van der Waals surface area contributed by atoms with E-state index in [4.69, 9.17) is 0 Å². The van der Waals surface area contributed by atoms with Gasteiger partial charge in [-0.3, -0.25) is 0 Å². The third-order valence-electron chi connectivity index (χ3n) is 4.40. The Morgan fingerprint density at radius 2 is 1.84 bits per heavy atom. The second-order valence-corrected chi connectivity index (χ2v) is 7.50. The van der Waals surface area contributed by atoms with Crippen molar-refractivity contribution in [3.8, 4) is 0 Å². The number of nitrogens with one attached hydrogen (secondary N) is 2. The minimum atomic E-state index is -3.36. The van der Waals surface area contributed by atoms with E-state index in [-0.39, 0.29) is 5.41 Å². The smallest absolute Gasteiger partial charge is 0.240 e. The molecule has 0 radical (unpaired) electrons. The van der Waals surface area contributed by atoms with Gasteiger partial charge in [-0.2, -0.15) is 0 Å². The minimum Gasteiger partial charge on any atom is -0.388 e. The second-order valence-electron chi connectivity index (χ2n) is 5.74. The normalized spacial score (nSPS) is 21.1. The fourth-order valence-electron chi connectivity index (χ4n) is 2.71. The zero-order valence-corrected chi connectivity index (χ0v) is 12.0. The topological polar surface area (TPSA) is 58.2 Å². The Morgan fingerprint density at radius 1 is 1.21 bits per heavy atom. The van der Waals surface area contributed by atoms with E-state index in [0.29, 0.717) is 11.4 Å². The van der Waals surface area contributed by atoms with Gasteiger partial charge in [-0.15, -0.1) is 0 Å². The van der Waals surface area contributed by atoms with Crippen molar-refractivity contribution in [2.75, 3.05) is 18.9 Å². The summed E-state index contributed by atoms with van der Waals surface area (Å²) in [7, 11) is -1.55. The summed E-state index contributed by atoms with van der Waals surface area (Å²) in [5, 5.41) is 2.98. The lowest BCUT2D eigenvalue weighted by molar-refractivity contribution is 0.432. The first-order valence-corrected chi connectivity index (χ1v) is 8.32. The number of hydrogen-bond acceptors (Lipinski definition) is 3. The highest BCUT2D eigenvalue weighted by molar-refractivity contribution is 7.89. The Kier molecular flexibility index (Phi) is 3.06. The Labute approximate surface area is 114 Å². The summed E-state index contributed by atoms with van der Waals surface area (Å²) in [6, 6.07) is 6.85. The van der Waals surface area contributed by atoms with Crippen molar-refractivity contribution in [1.29, 1.82) is 0 Å². The molecule has 0 unspecified atom stereocenters. The number of benzene rings is 1. The molecule has 1 aromatic carbocycles. The van der Waals surface area contributed by atoms with Crippen LogP contribution in [0.3, 0.4) is 0 Å². The summed E-state index contributed by atoms with van der Waals surface area (Å²) in [6.07, 6.45) is 4.91. The number of anilines is 1. The molecule has 0 aliphatic heterocycles. The van der Waals surface area contributed by atoms with Crippen LogP contribution in [0.1, 0.15) is 25.7 Å². The molecule has 0 amide bonds. The van der Waals surface area contributed by atoms with Gasteiger partial charge in [0.05, 0.1) is 4.90 Å². The van der Waals surface area contributed by atoms with Gasteiger partial charge in [0, 0.05) is 19.3 Å². The van der Waals surface area contributed by atoms with Crippen molar-refractivity contribution in [2.24, 2.45) is 11.3 Å². The van der Waals surface area contributed by atoms with Gasteiger partial charge >= 0.3 is 0 Å². The van der Waals surface area contributed by atoms with Crippen LogP contribution in [0.25, 0.3) is 0 Å². The maximum Gasteiger partial charge on any atom is 0.240 e. The highest BCUT2D eigenvalue weighted by Crippen LogP contribution is 2.60. The van der Waals surface area contributed by atoms with Crippen LogP contribution in [0.2, 0.25) is 0 Å². The highest BCUT2D eigenvalue weighted by Gasteiger charge is 2.53. The molecule has 1 aromatic rings. The summed E-state index contributed by atoms with van der Waals surface area (Å²) in [5.41, 5.74) is 1.20. The minimum absolute atomic E-state index is 0.290. The third-order valence-corrected chi connectivity index (χ3v) is 5.82. The lowest BCUT2D eigenvalue weighted by Crippen LogP contribution is -2.31. The first-order chi connectivity index (χ1) is 9.06. The van der Waals surface area contributed by atoms with Gasteiger partial charge < -0.3 is 5.32 Å². The third kappa shape index (κ3) is 2.62.